The van der Waals surface area contributed by atoms with Crippen LogP contribution in [0.3, 0.4) is 0 Å². The van der Waals surface area contributed by atoms with Crippen molar-refractivity contribution in [1.82, 2.24) is 0 Å². The van der Waals surface area contributed by atoms with Gasteiger partial charge in [-0.2, -0.15) is 0 Å². The molecule has 2 heterocycles. The van der Waals surface area contributed by atoms with E-state index in [1.165, 1.54) is 17.3 Å². The third-order valence-electron chi connectivity index (χ3n) is 4.76. The quantitative estimate of drug-likeness (QED) is 0.520. The number of aryl methyl sites for hydroxylation is 1. The number of fused-ring (bicyclic) bond motifs is 1. The Labute approximate surface area is 179 Å². The SMILES string of the molecule is Cc1ccc(C2=CSC(N=Cc3ccc4c(c3)OCO4)=NN2c2ccccc2)cc1. The average molecular weight is 414 g/mol. The minimum atomic E-state index is 0.261. The van der Waals surface area contributed by atoms with E-state index in [9.17, 15) is 0 Å². The maximum absolute atomic E-state index is 5.44. The van der Waals surface area contributed by atoms with Crippen molar-refractivity contribution in [3.8, 4) is 11.5 Å². The van der Waals surface area contributed by atoms with Gasteiger partial charge in [0.1, 0.15) is 0 Å². The molecule has 0 amide bonds. The van der Waals surface area contributed by atoms with Gasteiger partial charge in [0.05, 0.1) is 11.4 Å². The molecule has 0 aromatic heterocycles. The first-order valence-electron chi connectivity index (χ1n) is 9.58. The average Bonchev–Trinajstić information content (AvgIpc) is 3.27. The van der Waals surface area contributed by atoms with E-state index in [2.05, 4.69) is 41.6 Å². The number of amidine groups is 1. The zero-order chi connectivity index (χ0) is 20.3. The Balaban J connectivity index is 1.45. The lowest BCUT2D eigenvalue weighted by molar-refractivity contribution is 0.174. The number of benzene rings is 3. The van der Waals surface area contributed by atoms with Crippen LogP contribution in [0.25, 0.3) is 5.70 Å². The fourth-order valence-electron chi connectivity index (χ4n) is 3.18. The lowest BCUT2D eigenvalue weighted by atomic mass is 10.1. The lowest BCUT2D eigenvalue weighted by Gasteiger charge is -2.26. The summed E-state index contributed by atoms with van der Waals surface area (Å²) in [4.78, 5) is 4.60. The Morgan fingerprint density at radius 3 is 2.60 bits per heavy atom. The molecule has 3 aromatic carbocycles. The molecule has 0 saturated carbocycles. The number of hydrogen-bond acceptors (Lipinski definition) is 6. The molecule has 2 aliphatic rings. The Morgan fingerprint density at radius 1 is 0.967 bits per heavy atom. The number of rotatable bonds is 3. The molecular weight excluding hydrogens is 394 g/mol. The molecule has 0 unspecified atom stereocenters. The largest absolute Gasteiger partial charge is 0.454 e. The van der Waals surface area contributed by atoms with E-state index in [4.69, 9.17) is 14.6 Å². The predicted octanol–water partition coefficient (Wildman–Crippen LogP) is 5.67. The fourth-order valence-corrected chi connectivity index (χ4v) is 3.88. The topological polar surface area (TPSA) is 46.4 Å². The summed E-state index contributed by atoms with van der Waals surface area (Å²) in [5.74, 6) is 1.50. The van der Waals surface area contributed by atoms with Gasteiger partial charge in [0.15, 0.2) is 11.5 Å². The fraction of sp³-hybridized carbons (Fsp3) is 0.0833. The second-order valence-corrected chi connectivity index (χ2v) is 7.72. The third kappa shape index (κ3) is 3.82. The number of ether oxygens (including phenoxy) is 2. The van der Waals surface area contributed by atoms with E-state index >= 15 is 0 Å². The van der Waals surface area contributed by atoms with E-state index in [0.717, 1.165) is 34.0 Å². The molecule has 5 nitrogen and oxygen atoms in total. The molecule has 0 saturated heterocycles. The van der Waals surface area contributed by atoms with Gasteiger partial charge in [-0.15, -0.1) is 5.10 Å². The van der Waals surface area contributed by atoms with Crippen molar-refractivity contribution in [2.45, 2.75) is 6.92 Å². The summed E-state index contributed by atoms with van der Waals surface area (Å²) in [7, 11) is 0. The van der Waals surface area contributed by atoms with Gasteiger partial charge in [0.25, 0.3) is 0 Å². The van der Waals surface area contributed by atoms with Gasteiger partial charge in [-0.05, 0) is 42.8 Å². The van der Waals surface area contributed by atoms with E-state index in [-0.39, 0.29) is 6.79 Å². The Morgan fingerprint density at radius 2 is 1.77 bits per heavy atom. The van der Waals surface area contributed by atoms with Crippen LogP contribution >= 0.6 is 11.8 Å². The Bertz CT molecular complexity index is 1150. The van der Waals surface area contributed by atoms with Crippen LogP contribution in [0.15, 0.2) is 88.3 Å². The first kappa shape index (κ1) is 18.5. The number of nitrogens with zero attached hydrogens (tertiary/aromatic N) is 3. The van der Waals surface area contributed by atoms with Crippen molar-refractivity contribution in [3.05, 3.63) is 94.9 Å². The normalized spacial score (nSPS) is 15.3. The van der Waals surface area contributed by atoms with E-state index in [1.807, 2.05) is 53.5 Å². The summed E-state index contributed by atoms with van der Waals surface area (Å²) in [5.41, 5.74) is 5.28. The highest BCUT2D eigenvalue weighted by Crippen LogP contribution is 2.34. The minimum absolute atomic E-state index is 0.261. The van der Waals surface area contributed by atoms with Crippen LogP contribution in [0.2, 0.25) is 0 Å². The molecule has 5 rings (SSSR count). The summed E-state index contributed by atoms with van der Waals surface area (Å²) in [6.45, 7) is 2.35. The van der Waals surface area contributed by atoms with Gasteiger partial charge in [-0.3, -0.25) is 0 Å². The molecule has 30 heavy (non-hydrogen) atoms. The molecule has 0 aliphatic carbocycles. The number of hydrogen-bond donors (Lipinski definition) is 0. The lowest BCUT2D eigenvalue weighted by Crippen LogP contribution is -2.19. The summed E-state index contributed by atoms with van der Waals surface area (Å²) in [6, 6.07) is 24.3. The van der Waals surface area contributed by atoms with Crippen LogP contribution < -0.4 is 14.5 Å². The monoisotopic (exact) mass is 413 g/mol. The van der Waals surface area contributed by atoms with Gasteiger partial charge >= 0.3 is 0 Å². The number of hydrazone groups is 1. The van der Waals surface area contributed by atoms with Crippen LogP contribution in [-0.4, -0.2) is 18.2 Å². The van der Waals surface area contributed by atoms with Gasteiger partial charge < -0.3 is 9.47 Å². The smallest absolute Gasteiger partial charge is 0.231 e. The molecule has 0 N–H and O–H groups in total. The van der Waals surface area contributed by atoms with Crippen LogP contribution in [0.4, 0.5) is 5.69 Å². The summed E-state index contributed by atoms with van der Waals surface area (Å²) >= 11 is 1.51. The first-order valence-corrected chi connectivity index (χ1v) is 10.5. The molecule has 0 bridgehead atoms. The number of anilines is 1. The second-order valence-electron chi connectivity index (χ2n) is 6.89. The van der Waals surface area contributed by atoms with E-state index in [1.54, 1.807) is 6.21 Å². The molecule has 0 fully saturated rings. The van der Waals surface area contributed by atoms with Crippen LogP contribution in [-0.2, 0) is 0 Å². The van der Waals surface area contributed by atoms with E-state index in [0.29, 0.717) is 5.17 Å². The molecule has 3 aromatic rings. The maximum atomic E-state index is 5.44. The number of thioether (sulfide) groups is 1. The number of aliphatic imine (C=N–C) groups is 1. The highest BCUT2D eigenvalue weighted by Gasteiger charge is 2.19. The third-order valence-corrected chi connectivity index (χ3v) is 5.50. The predicted molar refractivity (Wildman–Crippen MR) is 123 cm³/mol. The molecule has 148 valence electrons. The molecule has 0 radical (unpaired) electrons. The first-order chi connectivity index (χ1) is 14.8. The highest BCUT2D eigenvalue weighted by molar-refractivity contribution is 8.16. The second kappa shape index (κ2) is 8.08. The van der Waals surface area contributed by atoms with Gasteiger partial charge in [0.2, 0.25) is 12.0 Å². The molecule has 2 aliphatic heterocycles. The summed E-state index contributed by atoms with van der Waals surface area (Å²) in [6.07, 6.45) is 1.79. The van der Waals surface area contributed by atoms with Crippen molar-refractivity contribution in [3.63, 3.8) is 0 Å². The van der Waals surface area contributed by atoms with Gasteiger partial charge in [-0.1, -0.05) is 59.8 Å². The van der Waals surface area contributed by atoms with Crippen molar-refractivity contribution < 1.29 is 9.47 Å². The Kier molecular flexibility index (Phi) is 4.99. The molecule has 0 atom stereocenters. The molecular formula is C24H19N3O2S. The minimum Gasteiger partial charge on any atom is -0.454 e. The highest BCUT2D eigenvalue weighted by atomic mass is 32.2. The maximum Gasteiger partial charge on any atom is 0.231 e. The molecule has 0 spiro atoms. The van der Waals surface area contributed by atoms with Gasteiger partial charge in [0, 0.05) is 17.2 Å². The summed E-state index contributed by atoms with van der Waals surface area (Å²) < 4.78 is 10.8. The Hall–Kier alpha value is -3.51. The van der Waals surface area contributed by atoms with Crippen LogP contribution in [0, 0.1) is 6.92 Å². The van der Waals surface area contributed by atoms with Gasteiger partial charge in [-0.25, -0.2) is 10.0 Å². The van der Waals surface area contributed by atoms with E-state index < -0.39 is 0 Å². The van der Waals surface area contributed by atoms with Crippen LogP contribution in [0.5, 0.6) is 11.5 Å². The molecule has 6 heteroatoms. The van der Waals surface area contributed by atoms with Crippen molar-refractivity contribution in [1.29, 1.82) is 0 Å². The standard InChI is InChI=1S/C24H19N3O2S/c1-17-7-10-19(11-8-17)21-15-30-24(26-27(21)20-5-3-2-4-6-20)25-14-18-9-12-22-23(13-18)29-16-28-22/h2-15H,16H2,1H3. The van der Waals surface area contributed by atoms with Crippen molar-refractivity contribution >= 4 is 34.5 Å². The summed E-state index contributed by atoms with van der Waals surface area (Å²) in [5, 5.41) is 9.50. The van der Waals surface area contributed by atoms with Crippen molar-refractivity contribution in [2.75, 3.05) is 11.8 Å². The van der Waals surface area contributed by atoms with Crippen LogP contribution in [0.1, 0.15) is 16.7 Å². The number of para-hydroxylation sites is 1. The zero-order valence-corrected chi connectivity index (χ0v) is 17.2. The van der Waals surface area contributed by atoms with Crippen molar-refractivity contribution in [2.24, 2.45) is 10.1 Å². The zero-order valence-electron chi connectivity index (χ0n) is 16.4.